The first-order valence-corrected chi connectivity index (χ1v) is 12.5. The number of hydrogen-bond donors (Lipinski definition) is 1. The van der Waals surface area contributed by atoms with Crippen LogP contribution in [0, 0.1) is 12.8 Å². The van der Waals surface area contributed by atoms with Gasteiger partial charge >= 0.3 is 0 Å². The molecular formula is C22H31N3O4S. The fourth-order valence-corrected chi connectivity index (χ4v) is 6.25. The summed E-state index contributed by atoms with van der Waals surface area (Å²) >= 11 is 0. The zero-order valence-electron chi connectivity index (χ0n) is 17.5. The molecule has 1 aromatic rings. The average molecular weight is 434 g/mol. The molecule has 4 rings (SSSR count). The second-order valence-corrected chi connectivity index (χ2v) is 10.6. The molecule has 2 heterocycles. The number of nitrogens with zero attached hydrogens (tertiary/aromatic N) is 2. The highest BCUT2D eigenvalue weighted by atomic mass is 32.2. The van der Waals surface area contributed by atoms with E-state index in [1.54, 1.807) is 24.3 Å². The molecule has 0 unspecified atom stereocenters. The lowest BCUT2D eigenvalue weighted by molar-refractivity contribution is -0.136. The molecule has 1 aromatic carbocycles. The Balaban J connectivity index is 1.29. The maximum Gasteiger partial charge on any atom is 0.240 e. The number of benzene rings is 1. The third-order valence-corrected chi connectivity index (χ3v) is 8.27. The standard InChI is InChI=1S/C22H31N3O4S/c1-16-6-8-20(9-7-16)30(28,29)23-18-10-12-24(13-11-18)22(27)17-14-21(26)25(15-17)19-4-2-3-5-19/h6-9,17-19,23H,2-5,10-15H2,1H3/t17-/m0/s1. The molecule has 3 aliphatic rings. The van der Waals surface area contributed by atoms with Crippen LogP contribution in [-0.2, 0) is 19.6 Å². The van der Waals surface area contributed by atoms with Crippen LogP contribution in [0.25, 0.3) is 0 Å². The second-order valence-electron chi connectivity index (χ2n) is 8.92. The van der Waals surface area contributed by atoms with E-state index in [9.17, 15) is 18.0 Å². The van der Waals surface area contributed by atoms with Crippen LogP contribution in [0.15, 0.2) is 29.2 Å². The Kier molecular flexibility index (Phi) is 6.16. The van der Waals surface area contributed by atoms with Gasteiger partial charge in [0.05, 0.1) is 10.8 Å². The van der Waals surface area contributed by atoms with Crippen LogP contribution in [0.5, 0.6) is 0 Å². The molecule has 0 aromatic heterocycles. The van der Waals surface area contributed by atoms with Gasteiger partial charge < -0.3 is 9.80 Å². The van der Waals surface area contributed by atoms with Crippen molar-refractivity contribution in [1.82, 2.24) is 14.5 Å². The molecule has 1 atom stereocenters. The minimum absolute atomic E-state index is 0.0451. The Morgan fingerprint density at radius 3 is 2.30 bits per heavy atom. The molecule has 2 amide bonds. The molecule has 1 aliphatic carbocycles. The normalized spacial score (nSPS) is 24.0. The number of amides is 2. The zero-order valence-corrected chi connectivity index (χ0v) is 18.4. The quantitative estimate of drug-likeness (QED) is 0.770. The van der Waals surface area contributed by atoms with Gasteiger partial charge in [0, 0.05) is 38.1 Å². The molecule has 0 bridgehead atoms. The lowest BCUT2D eigenvalue weighted by Gasteiger charge is -2.33. The van der Waals surface area contributed by atoms with Gasteiger partial charge in [0.2, 0.25) is 21.8 Å². The van der Waals surface area contributed by atoms with Crippen molar-refractivity contribution < 1.29 is 18.0 Å². The van der Waals surface area contributed by atoms with Crippen molar-refractivity contribution in [3.63, 3.8) is 0 Å². The Hall–Kier alpha value is -1.93. The summed E-state index contributed by atoms with van der Waals surface area (Å²) in [4.78, 5) is 29.4. The summed E-state index contributed by atoms with van der Waals surface area (Å²) in [6, 6.07) is 6.94. The summed E-state index contributed by atoms with van der Waals surface area (Å²) in [7, 11) is -3.56. The summed E-state index contributed by atoms with van der Waals surface area (Å²) in [5.74, 6) is -0.0939. The van der Waals surface area contributed by atoms with Crippen molar-refractivity contribution in [2.45, 2.75) is 68.8 Å². The van der Waals surface area contributed by atoms with Crippen LogP contribution < -0.4 is 4.72 Å². The summed E-state index contributed by atoms with van der Waals surface area (Å²) in [5.41, 5.74) is 1.01. The van der Waals surface area contributed by atoms with Crippen molar-refractivity contribution >= 4 is 21.8 Å². The van der Waals surface area contributed by atoms with E-state index in [1.807, 2.05) is 16.7 Å². The van der Waals surface area contributed by atoms with Gasteiger partial charge in [-0.3, -0.25) is 9.59 Å². The minimum atomic E-state index is -3.56. The average Bonchev–Trinajstić information content (AvgIpc) is 3.37. The van der Waals surface area contributed by atoms with Gasteiger partial charge in [-0.1, -0.05) is 30.5 Å². The Morgan fingerprint density at radius 1 is 1.03 bits per heavy atom. The number of aryl methyl sites for hydroxylation is 1. The third kappa shape index (κ3) is 4.54. The molecule has 30 heavy (non-hydrogen) atoms. The number of hydrogen-bond acceptors (Lipinski definition) is 4. The SMILES string of the molecule is Cc1ccc(S(=O)(=O)NC2CCN(C(=O)[C@H]3CC(=O)N(C4CCCC4)C3)CC2)cc1. The van der Waals surface area contributed by atoms with Crippen molar-refractivity contribution in [2.24, 2.45) is 5.92 Å². The molecule has 7 nitrogen and oxygen atoms in total. The number of nitrogens with one attached hydrogen (secondary N) is 1. The van der Waals surface area contributed by atoms with Gasteiger partial charge in [-0.15, -0.1) is 0 Å². The highest BCUT2D eigenvalue weighted by Crippen LogP contribution is 2.30. The summed E-state index contributed by atoms with van der Waals surface area (Å²) < 4.78 is 28.0. The third-order valence-electron chi connectivity index (χ3n) is 6.73. The summed E-state index contributed by atoms with van der Waals surface area (Å²) in [6.45, 7) is 3.51. The number of rotatable bonds is 5. The van der Waals surface area contributed by atoms with E-state index in [0.717, 1.165) is 18.4 Å². The highest BCUT2D eigenvalue weighted by molar-refractivity contribution is 7.89. The fourth-order valence-electron chi connectivity index (χ4n) is 4.95. The second kappa shape index (κ2) is 8.67. The van der Waals surface area contributed by atoms with Gasteiger partial charge in [-0.05, 0) is 44.7 Å². The van der Waals surface area contributed by atoms with Gasteiger partial charge in [0.1, 0.15) is 0 Å². The molecular weight excluding hydrogens is 402 g/mol. The van der Waals surface area contributed by atoms with Crippen molar-refractivity contribution in [1.29, 1.82) is 0 Å². The molecule has 164 valence electrons. The van der Waals surface area contributed by atoms with E-state index >= 15 is 0 Å². The predicted molar refractivity (Wildman–Crippen MR) is 113 cm³/mol. The molecule has 1 N–H and O–H groups in total. The van der Waals surface area contributed by atoms with Crippen molar-refractivity contribution in [3.05, 3.63) is 29.8 Å². The topological polar surface area (TPSA) is 86.8 Å². The Bertz CT molecular complexity index is 885. The number of carbonyl (C=O) groups is 2. The summed E-state index contributed by atoms with van der Waals surface area (Å²) in [6.07, 6.45) is 5.93. The van der Waals surface area contributed by atoms with Gasteiger partial charge in [0.25, 0.3) is 0 Å². The van der Waals surface area contributed by atoms with E-state index in [-0.39, 0.29) is 28.7 Å². The number of piperidine rings is 1. The van der Waals surface area contributed by atoms with Gasteiger partial charge in [-0.2, -0.15) is 0 Å². The molecule has 0 spiro atoms. The first-order valence-electron chi connectivity index (χ1n) is 11.0. The lowest BCUT2D eigenvalue weighted by atomic mass is 10.0. The van der Waals surface area contributed by atoms with E-state index in [4.69, 9.17) is 0 Å². The predicted octanol–water partition coefficient (Wildman–Crippen LogP) is 2.06. The van der Waals surface area contributed by atoms with Crippen LogP contribution in [0.4, 0.5) is 0 Å². The minimum Gasteiger partial charge on any atom is -0.342 e. The fraction of sp³-hybridized carbons (Fsp3) is 0.636. The molecule has 0 radical (unpaired) electrons. The van der Waals surface area contributed by atoms with Crippen LogP contribution >= 0.6 is 0 Å². The maximum atomic E-state index is 13.0. The van der Waals surface area contributed by atoms with Crippen molar-refractivity contribution in [2.75, 3.05) is 19.6 Å². The molecule has 3 fully saturated rings. The highest BCUT2D eigenvalue weighted by Gasteiger charge is 2.40. The molecule has 2 saturated heterocycles. The molecule has 1 saturated carbocycles. The van der Waals surface area contributed by atoms with Crippen molar-refractivity contribution in [3.8, 4) is 0 Å². The van der Waals surface area contributed by atoms with E-state index in [2.05, 4.69) is 4.72 Å². The Morgan fingerprint density at radius 2 is 1.67 bits per heavy atom. The van der Waals surface area contributed by atoms with Crippen LogP contribution in [-0.4, -0.2) is 61.7 Å². The number of likely N-dealkylation sites (tertiary alicyclic amines) is 2. The van der Waals surface area contributed by atoms with Crippen LogP contribution in [0.3, 0.4) is 0 Å². The Labute approximate surface area is 178 Å². The number of carbonyl (C=O) groups excluding carboxylic acids is 2. The zero-order chi connectivity index (χ0) is 21.3. The maximum absolute atomic E-state index is 13.0. The molecule has 8 heteroatoms. The molecule has 2 aliphatic heterocycles. The number of sulfonamides is 1. The van der Waals surface area contributed by atoms with Gasteiger partial charge in [-0.25, -0.2) is 13.1 Å². The monoisotopic (exact) mass is 433 g/mol. The van der Waals surface area contributed by atoms with E-state index < -0.39 is 10.0 Å². The van der Waals surface area contributed by atoms with E-state index in [0.29, 0.717) is 44.9 Å². The van der Waals surface area contributed by atoms with Crippen LogP contribution in [0.2, 0.25) is 0 Å². The van der Waals surface area contributed by atoms with Crippen LogP contribution in [0.1, 0.15) is 50.5 Å². The first-order chi connectivity index (χ1) is 14.3. The smallest absolute Gasteiger partial charge is 0.240 e. The first kappa shape index (κ1) is 21.3. The van der Waals surface area contributed by atoms with E-state index in [1.165, 1.54) is 12.8 Å². The largest absolute Gasteiger partial charge is 0.342 e. The van der Waals surface area contributed by atoms with Gasteiger partial charge in [0.15, 0.2) is 0 Å². The summed E-state index contributed by atoms with van der Waals surface area (Å²) in [5, 5.41) is 0. The lowest BCUT2D eigenvalue weighted by Crippen LogP contribution is -2.48.